The predicted molar refractivity (Wildman–Crippen MR) is 84.6 cm³/mol. The molecule has 3 heteroatoms. The SMILES string of the molecule is CSc1ccc(C(C)N[C@@H](C)c2ccc(F)cc2)cc1. The van der Waals surface area contributed by atoms with Crippen molar-refractivity contribution < 1.29 is 4.39 Å². The maximum absolute atomic E-state index is 12.9. The van der Waals surface area contributed by atoms with Crippen LogP contribution in [0.2, 0.25) is 0 Å². The van der Waals surface area contributed by atoms with Crippen molar-refractivity contribution in [3.05, 3.63) is 65.5 Å². The molecule has 0 saturated carbocycles. The topological polar surface area (TPSA) is 12.0 Å². The van der Waals surface area contributed by atoms with Gasteiger partial charge in [0.2, 0.25) is 0 Å². The molecule has 106 valence electrons. The zero-order chi connectivity index (χ0) is 14.5. The van der Waals surface area contributed by atoms with Gasteiger partial charge in [0.1, 0.15) is 5.82 Å². The Bertz CT molecular complexity index is 536. The fourth-order valence-corrected chi connectivity index (χ4v) is 2.62. The molecule has 2 rings (SSSR count). The highest BCUT2D eigenvalue weighted by Crippen LogP contribution is 2.22. The minimum absolute atomic E-state index is 0.186. The fourth-order valence-electron chi connectivity index (χ4n) is 2.21. The Hall–Kier alpha value is -1.32. The number of hydrogen-bond acceptors (Lipinski definition) is 2. The molecule has 20 heavy (non-hydrogen) atoms. The van der Waals surface area contributed by atoms with Gasteiger partial charge < -0.3 is 5.32 Å². The maximum atomic E-state index is 12.9. The van der Waals surface area contributed by atoms with Gasteiger partial charge in [0.15, 0.2) is 0 Å². The smallest absolute Gasteiger partial charge is 0.123 e. The standard InChI is InChI=1S/C17H20FNS/c1-12(14-4-8-16(18)9-5-14)19-13(2)15-6-10-17(20-3)11-7-15/h4-13,19H,1-3H3/t12-,13?/m0/s1. The van der Waals surface area contributed by atoms with Crippen molar-refractivity contribution >= 4 is 11.8 Å². The molecule has 0 heterocycles. The van der Waals surface area contributed by atoms with Gasteiger partial charge in [-0.3, -0.25) is 0 Å². The minimum atomic E-state index is -0.193. The molecule has 0 bridgehead atoms. The Labute approximate surface area is 124 Å². The molecule has 0 aromatic heterocycles. The van der Waals surface area contributed by atoms with Gasteiger partial charge in [-0.1, -0.05) is 24.3 Å². The second kappa shape index (κ2) is 6.91. The van der Waals surface area contributed by atoms with Crippen LogP contribution in [0.15, 0.2) is 53.4 Å². The van der Waals surface area contributed by atoms with Crippen molar-refractivity contribution in [2.24, 2.45) is 0 Å². The van der Waals surface area contributed by atoms with E-state index in [0.29, 0.717) is 0 Å². The van der Waals surface area contributed by atoms with E-state index in [4.69, 9.17) is 0 Å². The van der Waals surface area contributed by atoms with Crippen molar-refractivity contribution in [3.63, 3.8) is 0 Å². The predicted octanol–water partition coefficient (Wildman–Crippen LogP) is 4.96. The highest BCUT2D eigenvalue weighted by molar-refractivity contribution is 7.98. The van der Waals surface area contributed by atoms with E-state index in [1.807, 2.05) is 12.1 Å². The Morgan fingerprint density at radius 1 is 0.850 bits per heavy atom. The van der Waals surface area contributed by atoms with Gasteiger partial charge in [0.05, 0.1) is 0 Å². The molecular formula is C17H20FNS. The zero-order valence-corrected chi connectivity index (χ0v) is 12.9. The summed E-state index contributed by atoms with van der Waals surface area (Å²) in [5.41, 5.74) is 2.36. The van der Waals surface area contributed by atoms with Crippen LogP contribution in [0.5, 0.6) is 0 Å². The number of hydrogen-bond donors (Lipinski definition) is 1. The Morgan fingerprint density at radius 3 is 1.75 bits per heavy atom. The van der Waals surface area contributed by atoms with Gasteiger partial charge in [-0.05, 0) is 55.5 Å². The lowest BCUT2D eigenvalue weighted by atomic mass is 10.0. The molecular weight excluding hydrogens is 269 g/mol. The molecule has 0 aliphatic carbocycles. The first kappa shape index (κ1) is 15.1. The molecule has 2 aromatic rings. The van der Waals surface area contributed by atoms with Crippen molar-refractivity contribution in [1.29, 1.82) is 0 Å². The van der Waals surface area contributed by atoms with E-state index in [2.05, 4.69) is 49.7 Å². The van der Waals surface area contributed by atoms with Crippen LogP contribution in [0.25, 0.3) is 0 Å². The number of nitrogens with one attached hydrogen (secondary N) is 1. The van der Waals surface area contributed by atoms with Gasteiger partial charge in [-0.25, -0.2) is 4.39 Å². The quantitative estimate of drug-likeness (QED) is 0.781. The van der Waals surface area contributed by atoms with Gasteiger partial charge in [0, 0.05) is 17.0 Å². The molecule has 0 saturated heterocycles. The summed E-state index contributed by atoms with van der Waals surface area (Å²) in [6, 6.07) is 15.7. The summed E-state index contributed by atoms with van der Waals surface area (Å²) in [5, 5.41) is 3.54. The number of thioether (sulfide) groups is 1. The summed E-state index contributed by atoms with van der Waals surface area (Å²) in [6.45, 7) is 4.24. The molecule has 0 amide bonds. The molecule has 0 aliphatic rings. The molecule has 0 fully saturated rings. The van der Waals surface area contributed by atoms with E-state index in [1.165, 1.54) is 22.6 Å². The third kappa shape index (κ3) is 3.84. The minimum Gasteiger partial charge on any atom is -0.304 e. The first-order valence-electron chi connectivity index (χ1n) is 6.75. The largest absolute Gasteiger partial charge is 0.304 e. The summed E-state index contributed by atoms with van der Waals surface area (Å²) in [5.74, 6) is -0.193. The second-order valence-corrected chi connectivity index (χ2v) is 5.81. The van der Waals surface area contributed by atoms with Crippen molar-refractivity contribution in [2.75, 3.05) is 6.26 Å². The Morgan fingerprint density at radius 2 is 1.30 bits per heavy atom. The van der Waals surface area contributed by atoms with Crippen molar-refractivity contribution in [3.8, 4) is 0 Å². The van der Waals surface area contributed by atoms with Crippen LogP contribution < -0.4 is 5.32 Å². The molecule has 1 N–H and O–H groups in total. The van der Waals surface area contributed by atoms with E-state index in [0.717, 1.165) is 5.56 Å². The highest BCUT2D eigenvalue weighted by Gasteiger charge is 2.11. The summed E-state index contributed by atoms with van der Waals surface area (Å²) < 4.78 is 12.9. The van der Waals surface area contributed by atoms with Gasteiger partial charge in [0.25, 0.3) is 0 Å². The van der Waals surface area contributed by atoms with Gasteiger partial charge in [-0.2, -0.15) is 0 Å². The lowest BCUT2D eigenvalue weighted by Gasteiger charge is -2.21. The number of rotatable bonds is 5. The van der Waals surface area contributed by atoms with Gasteiger partial charge >= 0.3 is 0 Å². The molecule has 0 radical (unpaired) electrons. The monoisotopic (exact) mass is 289 g/mol. The molecule has 2 atom stereocenters. The average molecular weight is 289 g/mol. The average Bonchev–Trinajstić information content (AvgIpc) is 2.48. The van der Waals surface area contributed by atoms with Crippen molar-refractivity contribution in [1.82, 2.24) is 5.32 Å². The van der Waals surface area contributed by atoms with Crippen LogP contribution in [-0.2, 0) is 0 Å². The molecule has 0 aliphatic heterocycles. The molecule has 1 nitrogen and oxygen atoms in total. The first-order chi connectivity index (χ1) is 9.60. The van der Waals surface area contributed by atoms with Crippen LogP contribution in [0.4, 0.5) is 4.39 Å². The summed E-state index contributed by atoms with van der Waals surface area (Å²) in [6.07, 6.45) is 2.08. The van der Waals surface area contributed by atoms with E-state index in [1.54, 1.807) is 11.8 Å². The van der Waals surface area contributed by atoms with E-state index in [9.17, 15) is 4.39 Å². The maximum Gasteiger partial charge on any atom is 0.123 e. The Kier molecular flexibility index (Phi) is 5.21. The summed E-state index contributed by atoms with van der Waals surface area (Å²) >= 11 is 1.75. The number of benzene rings is 2. The number of halogens is 1. The van der Waals surface area contributed by atoms with Crippen molar-refractivity contribution in [2.45, 2.75) is 30.8 Å². The van der Waals surface area contributed by atoms with E-state index < -0.39 is 0 Å². The zero-order valence-electron chi connectivity index (χ0n) is 12.1. The Balaban J connectivity index is 2.02. The molecule has 0 spiro atoms. The van der Waals surface area contributed by atoms with Crippen LogP contribution in [-0.4, -0.2) is 6.26 Å². The fraction of sp³-hybridized carbons (Fsp3) is 0.294. The second-order valence-electron chi connectivity index (χ2n) is 4.93. The van der Waals surface area contributed by atoms with Gasteiger partial charge in [-0.15, -0.1) is 11.8 Å². The molecule has 2 aromatic carbocycles. The third-order valence-electron chi connectivity index (χ3n) is 3.49. The third-order valence-corrected chi connectivity index (χ3v) is 4.23. The van der Waals surface area contributed by atoms with Crippen LogP contribution in [0.3, 0.4) is 0 Å². The summed E-state index contributed by atoms with van der Waals surface area (Å²) in [4.78, 5) is 1.27. The lowest BCUT2D eigenvalue weighted by Crippen LogP contribution is -2.22. The van der Waals surface area contributed by atoms with E-state index in [-0.39, 0.29) is 17.9 Å². The van der Waals surface area contributed by atoms with E-state index >= 15 is 0 Å². The van der Waals surface area contributed by atoms with Crippen LogP contribution in [0.1, 0.15) is 37.1 Å². The molecule has 1 unspecified atom stereocenters. The first-order valence-corrected chi connectivity index (χ1v) is 7.98. The highest BCUT2D eigenvalue weighted by atomic mass is 32.2. The lowest BCUT2D eigenvalue weighted by molar-refractivity contribution is 0.493. The van der Waals surface area contributed by atoms with Crippen LogP contribution >= 0.6 is 11.8 Å². The summed E-state index contributed by atoms with van der Waals surface area (Å²) in [7, 11) is 0. The van der Waals surface area contributed by atoms with Crippen LogP contribution in [0, 0.1) is 5.82 Å². The normalized spacial score (nSPS) is 14.0.